The van der Waals surface area contributed by atoms with Crippen LogP contribution < -0.4 is 10.2 Å². The maximum absolute atomic E-state index is 6.16. The lowest BCUT2D eigenvalue weighted by Crippen LogP contribution is -2.44. The van der Waals surface area contributed by atoms with Gasteiger partial charge in [0, 0.05) is 13.1 Å². The van der Waals surface area contributed by atoms with Gasteiger partial charge in [0.1, 0.15) is 5.02 Å². The standard InChI is InChI=1S/C11H17ClN4O/c1-3-13-11-14-6-9(12)10(15-11)16-4-5-17-7-8(16)2/h6,8H,3-5,7H2,1-2H3,(H,13,14,15). The third-order valence-corrected chi connectivity index (χ3v) is 2.97. The van der Waals surface area contributed by atoms with Crippen LogP contribution in [0.2, 0.25) is 5.02 Å². The summed E-state index contributed by atoms with van der Waals surface area (Å²) in [5.41, 5.74) is 0. The van der Waals surface area contributed by atoms with E-state index >= 15 is 0 Å². The van der Waals surface area contributed by atoms with E-state index in [2.05, 4.69) is 27.1 Å². The fraction of sp³-hybridized carbons (Fsp3) is 0.636. The molecule has 5 nitrogen and oxygen atoms in total. The van der Waals surface area contributed by atoms with Gasteiger partial charge in [0.05, 0.1) is 25.5 Å². The lowest BCUT2D eigenvalue weighted by atomic mass is 10.2. The molecule has 0 aliphatic carbocycles. The molecule has 0 bridgehead atoms. The summed E-state index contributed by atoms with van der Waals surface area (Å²) in [6.45, 7) is 7.13. The number of halogens is 1. The minimum Gasteiger partial charge on any atom is -0.377 e. The number of nitrogens with zero attached hydrogens (tertiary/aromatic N) is 3. The Morgan fingerprint density at radius 3 is 3.18 bits per heavy atom. The fourth-order valence-electron chi connectivity index (χ4n) is 1.84. The second kappa shape index (κ2) is 5.51. The predicted octanol–water partition coefficient (Wildman–Crippen LogP) is 1.79. The second-order valence-electron chi connectivity index (χ2n) is 4.01. The van der Waals surface area contributed by atoms with Crippen molar-refractivity contribution in [1.29, 1.82) is 0 Å². The highest BCUT2D eigenvalue weighted by molar-refractivity contribution is 6.32. The van der Waals surface area contributed by atoms with Gasteiger partial charge < -0.3 is 15.0 Å². The molecule has 0 amide bonds. The van der Waals surface area contributed by atoms with E-state index in [1.54, 1.807) is 6.20 Å². The van der Waals surface area contributed by atoms with Crippen LogP contribution in [-0.4, -0.2) is 42.3 Å². The van der Waals surface area contributed by atoms with Crippen molar-refractivity contribution in [1.82, 2.24) is 9.97 Å². The quantitative estimate of drug-likeness (QED) is 0.894. The molecule has 2 rings (SSSR count). The number of aromatic nitrogens is 2. The molecule has 6 heteroatoms. The summed E-state index contributed by atoms with van der Waals surface area (Å²) in [5.74, 6) is 1.40. The first-order valence-electron chi connectivity index (χ1n) is 5.83. The minimum absolute atomic E-state index is 0.283. The Hall–Kier alpha value is -1.07. The Labute approximate surface area is 106 Å². The number of nitrogens with one attached hydrogen (secondary N) is 1. The van der Waals surface area contributed by atoms with Crippen LogP contribution in [0.4, 0.5) is 11.8 Å². The van der Waals surface area contributed by atoms with E-state index in [9.17, 15) is 0 Å². The molecular weight excluding hydrogens is 240 g/mol. The Kier molecular flexibility index (Phi) is 4.02. The Balaban J connectivity index is 2.25. The number of hydrogen-bond donors (Lipinski definition) is 1. The van der Waals surface area contributed by atoms with Gasteiger partial charge >= 0.3 is 0 Å². The van der Waals surface area contributed by atoms with Gasteiger partial charge in [0.15, 0.2) is 5.82 Å². The van der Waals surface area contributed by atoms with Gasteiger partial charge in [-0.05, 0) is 13.8 Å². The van der Waals surface area contributed by atoms with Crippen LogP contribution >= 0.6 is 11.6 Å². The van der Waals surface area contributed by atoms with E-state index in [1.807, 2.05) is 6.92 Å². The van der Waals surface area contributed by atoms with Crippen LogP contribution in [0, 0.1) is 0 Å². The van der Waals surface area contributed by atoms with Crippen molar-refractivity contribution in [3.8, 4) is 0 Å². The third kappa shape index (κ3) is 2.79. The molecule has 1 N–H and O–H groups in total. The van der Waals surface area contributed by atoms with E-state index in [4.69, 9.17) is 16.3 Å². The molecule has 1 fully saturated rings. The number of anilines is 2. The maximum atomic E-state index is 6.16. The molecule has 0 aromatic carbocycles. The zero-order valence-electron chi connectivity index (χ0n) is 10.1. The molecular formula is C11H17ClN4O. The average Bonchev–Trinajstić information content (AvgIpc) is 2.33. The van der Waals surface area contributed by atoms with E-state index in [1.165, 1.54) is 0 Å². The predicted molar refractivity (Wildman–Crippen MR) is 68.8 cm³/mol. The topological polar surface area (TPSA) is 50.3 Å². The zero-order chi connectivity index (χ0) is 12.3. The fourth-order valence-corrected chi connectivity index (χ4v) is 2.04. The van der Waals surface area contributed by atoms with Crippen molar-refractivity contribution in [2.24, 2.45) is 0 Å². The van der Waals surface area contributed by atoms with Crippen molar-refractivity contribution < 1.29 is 4.74 Å². The summed E-state index contributed by atoms with van der Waals surface area (Å²) < 4.78 is 5.41. The lowest BCUT2D eigenvalue weighted by Gasteiger charge is -2.34. The monoisotopic (exact) mass is 256 g/mol. The Bertz CT molecular complexity index is 388. The van der Waals surface area contributed by atoms with Crippen molar-refractivity contribution in [2.45, 2.75) is 19.9 Å². The molecule has 1 aromatic rings. The first kappa shape index (κ1) is 12.4. The van der Waals surface area contributed by atoms with Gasteiger partial charge in [0.2, 0.25) is 5.95 Å². The lowest BCUT2D eigenvalue weighted by molar-refractivity contribution is 0.0985. The van der Waals surface area contributed by atoms with Gasteiger partial charge in [-0.1, -0.05) is 11.6 Å². The van der Waals surface area contributed by atoms with Crippen LogP contribution in [0.25, 0.3) is 0 Å². The second-order valence-corrected chi connectivity index (χ2v) is 4.42. The van der Waals surface area contributed by atoms with E-state index in [0.29, 0.717) is 24.2 Å². The highest BCUT2D eigenvalue weighted by Gasteiger charge is 2.22. The molecule has 0 saturated carbocycles. The molecule has 1 atom stereocenters. The summed E-state index contributed by atoms with van der Waals surface area (Å²) in [5, 5.41) is 3.67. The summed E-state index contributed by atoms with van der Waals surface area (Å²) >= 11 is 6.16. The van der Waals surface area contributed by atoms with Crippen molar-refractivity contribution in [3.05, 3.63) is 11.2 Å². The van der Waals surface area contributed by atoms with E-state index in [-0.39, 0.29) is 6.04 Å². The van der Waals surface area contributed by atoms with Gasteiger partial charge in [0.25, 0.3) is 0 Å². The Morgan fingerprint density at radius 1 is 1.65 bits per heavy atom. The van der Waals surface area contributed by atoms with Gasteiger partial charge in [-0.15, -0.1) is 0 Å². The SMILES string of the molecule is CCNc1ncc(Cl)c(N2CCOCC2C)n1. The minimum atomic E-state index is 0.283. The van der Waals surface area contributed by atoms with Crippen LogP contribution in [0.1, 0.15) is 13.8 Å². The maximum Gasteiger partial charge on any atom is 0.224 e. The third-order valence-electron chi connectivity index (χ3n) is 2.70. The molecule has 94 valence electrons. The highest BCUT2D eigenvalue weighted by Crippen LogP contribution is 2.26. The number of rotatable bonds is 3. The Morgan fingerprint density at radius 2 is 2.47 bits per heavy atom. The van der Waals surface area contributed by atoms with Crippen molar-refractivity contribution in [2.75, 3.05) is 36.5 Å². The summed E-state index contributed by atoms with van der Waals surface area (Å²) in [6, 6.07) is 0.283. The number of ether oxygens (including phenoxy) is 1. The van der Waals surface area contributed by atoms with Crippen LogP contribution in [0.3, 0.4) is 0 Å². The van der Waals surface area contributed by atoms with Gasteiger partial charge in [-0.3, -0.25) is 0 Å². The smallest absolute Gasteiger partial charge is 0.224 e. The molecule has 1 aliphatic heterocycles. The first-order valence-corrected chi connectivity index (χ1v) is 6.21. The largest absolute Gasteiger partial charge is 0.377 e. The molecule has 1 unspecified atom stereocenters. The highest BCUT2D eigenvalue weighted by atomic mass is 35.5. The zero-order valence-corrected chi connectivity index (χ0v) is 10.9. The van der Waals surface area contributed by atoms with Gasteiger partial charge in [-0.2, -0.15) is 4.98 Å². The molecule has 17 heavy (non-hydrogen) atoms. The van der Waals surface area contributed by atoms with Crippen molar-refractivity contribution >= 4 is 23.4 Å². The summed E-state index contributed by atoms with van der Waals surface area (Å²) in [7, 11) is 0. The van der Waals surface area contributed by atoms with E-state index in [0.717, 1.165) is 18.9 Å². The van der Waals surface area contributed by atoms with Crippen LogP contribution in [0.5, 0.6) is 0 Å². The molecule has 0 spiro atoms. The molecule has 1 saturated heterocycles. The van der Waals surface area contributed by atoms with E-state index < -0.39 is 0 Å². The summed E-state index contributed by atoms with van der Waals surface area (Å²) in [6.07, 6.45) is 1.64. The van der Waals surface area contributed by atoms with Crippen molar-refractivity contribution in [3.63, 3.8) is 0 Å². The molecule has 0 radical (unpaired) electrons. The van der Waals surface area contributed by atoms with Crippen LogP contribution in [0.15, 0.2) is 6.20 Å². The first-order chi connectivity index (χ1) is 8.22. The van der Waals surface area contributed by atoms with Gasteiger partial charge in [-0.25, -0.2) is 4.98 Å². The average molecular weight is 257 g/mol. The number of hydrogen-bond acceptors (Lipinski definition) is 5. The summed E-state index contributed by atoms with van der Waals surface area (Å²) in [4.78, 5) is 10.7. The van der Waals surface area contributed by atoms with Crippen LogP contribution in [-0.2, 0) is 4.74 Å². The normalized spacial score (nSPS) is 20.4. The number of morpholine rings is 1. The molecule has 1 aliphatic rings. The molecule has 2 heterocycles. The molecule has 1 aromatic heterocycles.